The molecule has 4 aromatic rings. The quantitative estimate of drug-likeness (QED) is 0.447. The van der Waals surface area contributed by atoms with Gasteiger partial charge in [-0.15, -0.1) is 0 Å². The van der Waals surface area contributed by atoms with Crippen LogP contribution in [0.3, 0.4) is 0 Å². The molecule has 146 valence electrons. The highest BCUT2D eigenvalue weighted by molar-refractivity contribution is 5.97. The van der Waals surface area contributed by atoms with E-state index in [1.54, 1.807) is 35.1 Å². The van der Waals surface area contributed by atoms with Crippen LogP contribution in [-0.4, -0.2) is 22.9 Å². The third-order valence-electron chi connectivity index (χ3n) is 4.55. The molecule has 0 unspecified atom stereocenters. The molecular weight excluding hydrogens is 368 g/mol. The van der Waals surface area contributed by atoms with E-state index in [0.29, 0.717) is 23.7 Å². The van der Waals surface area contributed by atoms with Gasteiger partial charge in [0, 0.05) is 18.5 Å². The molecule has 1 heterocycles. The first-order valence-corrected chi connectivity index (χ1v) is 9.13. The van der Waals surface area contributed by atoms with Crippen LogP contribution in [0.5, 0.6) is 17.2 Å². The fourth-order valence-corrected chi connectivity index (χ4v) is 3.01. The summed E-state index contributed by atoms with van der Waals surface area (Å²) < 4.78 is 18.4. The van der Waals surface area contributed by atoms with E-state index in [9.17, 15) is 4.79 Å². The monoisotopic (exact) mass is 388 g/mol. The average Bonchev–Trinajstić information content (AvgIpc) is 3.12. The van der Waals surface area contributed by atoms with E-state index >= 15 is 0 Å². The van der Waals surface area contributed by atoms with E-state index in [4.69, 9.17) is 14.2 Å². The van der Waals surface area contributed by atoms with E-state index in [1.165, 1.54) is 7.11 Å². The van der Waals surface area contributed by atoms with E-state index in [2.05, 4.69) is 5.10 Å². The summed E-state index contributed by atoms with van der Waals surface area (Å²) in [6, 6.07) is 20.7. The highest BCUT2D eigenvalue weighted by atomic mass is 16.5. The summed E-state index contributed by atoms with van der Waals surface area (Å²) in [5.41, 5.74) is 2.30. The van der Waals surface area contributed by atoms with Crippen molar-refractivity contribution in [3.8, 4) is 17.2 Å². The van der Waals surface area contributed by atoms with Gasteiger partial charge < -0.3 is 14.2 Å². The number of nitrogens with zero attached hydrogens (tertiary/aromatic N) is 2. The van der Waals surface area contributed by atoms with Crippen LogP contribution in [0.15, 0.2) is 72.9 Å². The Hall–Kier alpha value is -3.80. The molecule has 0 spiro atoms. The number of hydrogen-bond donors (Lipinski definition) is 0. The Kier molecular flexibility index (Phi) is 5.16. The smallest absolute Gasteiger partial charge is 0.341 e. The number of rotatable bonds is 6. The molecule has 6 heteroatoms. The summed E-state index contributed by atoms with van der Waals surface area (Å²) in [6.07, 6.45) is 1.70. The number of aromatic nitrogens is 2. The second-order valence-corrected chi connectivity index (χ2v) is 6.51. The van der Waals surface area contributed by atoms with Crippen LogP contribution in [-0.2, 0) is 18.4 Å². The molecule has 0 amide bonds. The third kappa shape index (κ3) is 4.06. The minimum absolute atomic E-state index is 0.345. The predicted molar refractivity (Wildman–Crippen MR) is 109 cm³/mol. The van der Waals surface area contributed by atoms with Crippen molar-refractivity contribution in [3.05, 3.63) is 84.1 Å². The molecule has 0 fully saturated rings. The second kappa shape index (κ2) is 8.06. The van der Waals surface area contributed by atoms with Gasteiger partial charge >= 0.3 is 5.97 Å². The molecule has 0 N–H and O–H groups in total. The number of fused-ring (bicyclic) bond motifs is 1. The van der Waals surface area contributed by atoms with Gasteiger partial charge in [0.1, 0.15) is 29.4 Å². The Morgan fingerprint density at radius 3 is 2.45 bits per heavy atom. The summed E-state index contributed by atoms with van der Waals surface area (Å²) in [5.74, 6) is 1.26. The number of hydrogen-bond acceptors (Lipinski definition) is 5. The van der Waals surface area contributed by atoms with Crippen LogP contribution in [0.1, 0.15) is 15.9 Å². The first kappa shape index (κ1) is 18.6. The molecule has 0 atom stereocenters. The maximum atomic E-state index is 12.2. The van der Waals surface area contributed by atoms with Crippen molar-refractivity contribution in [2.75, 3.05) is 7.11 Å². The van der Waals surface area contributed by atoms with Crippen molar-refractivity contribution >= 4 is 16.9 Å². The Bertz CT molecular complexity index is 1130. The molecule has 0 saturated heterocycles. The molecule has 4 rings (SSSR count). The zero-order chi connectivity index (χ0) is 20.2. The SMILES string of the molecule is COC(=O)c1cc2cnn(C)c2cc1Oc1ccc(OCc2ccccc2)cc1. The summed E-state index contributed by atoms with van der Waals surface area (Å²) in [7, 11) is 3.18. The molecule has 0 radical (unpaired) electrons. The molecule has 1 aromatic heterocycles. The van der Waals surface area contributed by atoms with Gasteiger partial charge in [-0.05, 0) is 35.9 Å². The van der Waals surface area contributed by atoms with Crippen LogP contribution in [0.2, 0.25) is 0 Å². The third-order valence-corrected chi connectivity index (χ3v) is 4.55. The predicted octanol–water partition coefficient (Wildman–Crippen LogP) is 4.73. The summed E-state index contributed by atoms with van der Waals surface area (Å²) in [4.78, 5) is 12.2. The lowest BCUT2D eigenvalue weighted by molar-refractivity contribution is 0.0598. The van der Waals surface area contributed by atoms with Gasteiger partial charge in [-0.3, -0.25) is 4.68 Å². The molecule has 0 aliphatic rings. The number of methoxy groups -OCH3 is 1. The minimum atomic E-state index is -0.464. The maximum Gasteiger partial charge on any atom is 0.341 e. The first-order valence-electron chi connectivity index (χ1n) is 9.13. The van der Waals surface area contributed by atoms with Crippen LogP contribution in [0, 0.1) is 0 Å². The van der Waals surface area contributed by atoms with Gasteiger partial charge in [0.15, 0.2) is 0 Å². The maximum absolute atomic E-state index is 12.2. The van der Waals surface area contributed by atoms with Gasteiger partial charge in [-0.25, -0.2) is 4.79 Å². The van der Waals surface area contributed by atoms with Gasteiger partial charge in [0.25, 0.3) is 0 Å². The number of ether oxygens (including phenoxy) is 3. The molecule has 0 aliphatic heterocycles. The lowest BCUT2D eigenvalue weighted by Crippen LogP contribution is -2.04. The van der Waals surface area contributed by atoms with E-state index in [0.717, 1.165) is 22.2 Å². The van der Waals surface area contributed by atoms with Crippen molar-refractivity contribution in [2.45, 2.75) is 6.61 Å². The second-order valence-electron chi connectivity index (χ2n) is 6.51. The van der Waals surface area contributed by atoms with Crippen molar-refractivity contribution in [3.63, 3.8) is 0 Å². The number of aryl methyl sites for hydroxylation is 1. The molecule has 0 aliphatic carbocycles. The molecule has 0 bridgehead atoms. The summed E-state index contributed by atoms with van der Waals surface area (Å²) in [5, 5.41) is 5.06. The van der Waals surface area contributed by atoms with Gasteiger partial charge in [-0.1, -0.05) is 30.3 Å². The highest BCUT2D eigenvalue weighted by Crippen LogP contribution is 2.31. The van der Waals surface area contributed by atoms with Crippen LogP contribution < -0.4 is 9.47 Å². The van der Waals surface area contributed by atoms with Crippen LogP contribution >= 0.6 is 0 Å². The van der Waals surface area contributed by atoms with Crippen molar-refractivity contribution in [1.29, 1.82) is 0 Å². The fourth-order valence-electron chi connectivity index (χ4n) is 3.01. The Labute approximate surface area is 168 Å². The fraction of sp³-hybridized carbons (Fsp3) is 0.130. The van der Waals surface area contributed by atoms with Crippen molar-refractivity contribution in [1.82, 2.24) is 9.78 Å². The van der Waals surface area contributed by atoms with Crippen molar-refractivity contribution in [2.24, 2.45) is 7.05 Å². The minimum Gasteiger partial charge on any atom is -0.489 e. The van der Waals surface area contributed by atoms with Crippen molar-refractivity contribution < 1.29 is 19.0 Å². The van der Waals surface area contributed by atoms with E-state index in [1.807, 2.05) is 49.5 Å². The molecule has 3 aromatic carbocycles. The summed E-state index contributed by atoms with van der Waals surface area (Å²) in [6.45, 7) is 0.491. The normalized spacial score (nSPS) is 10.7. The number of benzene rings is 3. The Morgan fingerprint density at radius 1 is 1.00 bits per heavy atom. The first-order chi connectivity index (χ1) is 14.1. The zero-order valence-electron chi connectivity index (χ0n) is 16.2. The van der Waals surface area contributed by atoms with E-state index in [-0.39, 0.29) is 0 Å². The van der Waals surface area contributed by atoms with Gasteiger partial charge in [0.2, 0.25) is 0 Å². The summed E-state index contributed by atoms with van der Waals surface area (Å²) >= 11 is 0. The van der Waals surface area contributed by atoms with Crippen LogP contribution in [0.25, 0.3) is 10.9 Å². The molecule has 0 saturated carbocycles. The number of carbonyl (C=O) groups excluding carboxylic acids is 1. The van der Waals surface area contributed by atoms with E-state index < -0.39 is 5.97 Å². The molecular formula is C23H20N2O4. The largest absolute Gasteiger partial charge is 0.489 e. The molecule has 29 heavy (non-hydrogen) atoms. The lowest BCUT2D eigenvalue weighted by Gasteiger charge is -2.12. The standard InChI is InChI=1S/C23H20N2O4/c1-25-21-13-22(20(23(26)27-2)12-17(21)14-24-25)29-19-10-8-18(9-11-19)28-15-16-6-4-3-5-7-16/h3-14H,15H2,1-2H3. The highest BCUT2D eigenvalue weighted by Gasteiger charge is 2.17. The zero-order valence-corrected chi connectivity index (χ0v) is 16.2. The number of carbonyl (C=O) groups is 1. The average molecular weight is 388 g/mol. The lowest BCUT2D eigenvalue weighted by atomic mass is 10.1. The van der Waals surface area contributed by atoms with Crippen LogP contribution in [0.4, 0.5) is 0 Å². The Morgan fingerprint density at radius 2 is 1.72 bits per heavy atom. The Balaban J connectivity index is 1.54. The van der Waals surface area contributed by atoms with Gasteiger partial charge in [-0.2, -0.15) is 5.10 Å². The van der Waals surface area contributed by atoms with Gasteiger partial charge in [0.05, 0.1) is 18.8 Å². The molecule has 6 nitrogen and oxygen atoms in total. The topological polar surface area (TPSA) is 62.6 Å². The number of esters is 1.